The molecule has 2 aliphatic rings. The number of hydrogen-bond donors (Lipinski definition) is 2. The first-order chi connectivity index (χ1) is 10.5. The number of fused-ring (bicyclic) bond motifs is 3. The van der Waals surface area contributed by atoms with E-state index in [1.165, 1.54) is 5.56 Å². The van der Waals surface area contributed by atoms with E-state index in [0.29, 0.717) is 30.0 Å². The van der Waals surface area contributed by atoms with Gasteiger partial charge in [0.2, 0.25) is 0 Å². The molecule has 0 saturated heterocycles. The minimum absolute atomic E-state index is 0.103. The lowest BCUT2D eigenvalue weighted by atomic mass is 9.86. The predicted octanol–water partition coefficient (Wildman–Crippen LogP) is 1.30. The molecular formula is C16H20N2O4. The summed E-state index contributed by atoms with van der Waals surface area (Å²) in [5.74, 6) is 0.490. The van der Waals surface area contributed by atoms with Crippen LogP contribution in [-0.2, 0) is 11.2 Å². The van der Waals surface area contributed by atoms with Crippen LogP contribution in [0.25, 0.3) is 0 Å². The molecule has 6 heteroatoms. The summed E-state index contributed by atoms with van der Waals surface area (Å²) in [5, 5.41) is 9.24. The normalized spacial score (nSPS) is 21.1. The molecule has 6 nitrogen and oxygen atoms in total. The van der Waals surface area contributed by atoms with Gasteiger partial charge in [0.1, 0.15) is 0 Å². The molecular weight excluding hydrogens is 284 g/mol. The van der Waals surface area contributed by atoms with Gasteiger partial charge >= 0.3 is 5.97 Å². The lowest BCUT2D eigenvalue weighted by Crippen LogP contribution is -2.42. The van der Waals surface area contributed by atoms with Crippen molar-refractivity contribution in [1.29, 1.82) is 0 Å². The number of hydrogen-bond acceptors (Lipinski definition) is 5. The van der Waals surface area contributed by atoms with E-state index in [0.717, 1.165) is 24.3 Å². The number of methoxy groups -OCH3 is 2. The molecule has 0 radical (unpaired) electrons. The maximum absolute atomic E-state index is 11.3. The van der Waals surface area contributed by atoms with Crippen molar-refractivity contribution in [3.05, 3.63) is 34.5 Å². The first kappa shape index (κ1) is 14.7. The van der Waals surface area contributed by atoms with Crippen LogP contribution in [0.4, 0.5) is 0 Å². The number of benzene rings is 1. The van der Waals surface area contributed by atoms with Gasteiger partial charge in [-0.1, -0.05) is 0 Å². The second-order valence-electron chi connectivity index (χ2n) is 5.66. The van der Waals surface area contributed by atoms with Gasteiger partial charge in [-0.3, -0.25) is 4.90 Å². The van der Waals surface area contributed by atoms with Gasteiger partial charge in [-0.25, -0.2) is 4.79 Å². The molecule has 0 aliphatic carbocycles. The van der Waals surface area contributed by atoms with Crippen molar-refractivity contribution in [3.63, 3.8) is 0 Å². The third-order valence-corrected chi connectivity index (χ3v) is 4.53. The monoisotopic (exact) mass is 304 g/mol. The summed E-state index contributed by atoms with van der Waals surface area (Å²) in [6.07, 6.45) is 1.39. The highest BCUT2D eigenvalue weighted by molar-refractivity contribution is 5.88. The molecule has 1 atom stereocenters. The van der Waals surface area contributed by atoms with Crippen molar-refractivity contribution in [1.82, 2.24) is 4.90 Å². The molecule has 3 rings (SSSR count). The van der Waals surface area contributed by atoms with Crippen molar-refractivity contribution >= 4 is 5.97 Å². The highest BCUT2D eigenvalue weighted by atomic mass is 16.5. The lowest BCUT2D eigenvalue weighted by Gasteiger charge is -2.41. The highest BCUT2D eigenvalue weighted by Gasteiger charge is 2.35. The maximum Gasteiger partial charge on any atom is 0.334 e. The number of nitrogens with zero attached hydrogens (tertiary/aromatic N) is 1. The van der Waals surface area contributed by atoms with Crippen molar-refractivity contribution in [2.75, 3.05) is 27.3 Å². The molecule has 0 amide bonds. The highest BCUT2D eigenvalue weighted by Crippen LogP contribution is 2.42. The second kappa shape index (κ2) is 5.53. The van der Waals surface area contributed by atoms with Crippen LogP contribution in [0.5, 0.6) is 11.5 Å². The maximum atomic E-state index is 11.3. The quantitative estimate of drug-likeness (QED) is 0.875. The fraction of sp³-hybridized carbons (Fsp3) is 0.438. The van der Waals surface area contributed by atoms with Crippen molar-refractivity contribution in [2.24, 2.45) is 5.73 Å². The minimum Gasteiger partial charge on any atom is -0.493 e. The second-order valence-corrected chi connectivity index (χ2v) is 5.66. The summed E-state index contributed by atoms with van der Waals surface area (Å²) in [6.45, 7) is 1.21. The summed E-state index contributed by atoms with van der Waals surface area (Å²) >= 11 is 0. The number of carboxylic acids is 1. The van der Waals surface area contributed by atoms with E-state index in [2.05, 4.69) is 4.90 Å². The van der Waals surface area contributed by atoms with E-state index >= 15 is 0 Å². The largest absolute Gasteiger partial charge is 0.493 e. The molecule has 22 heavy (non-hydrogen) atoms. The molecule has 2 heterocycles. The third-order valence-electron chi connectivity index (χ3n) is 4.53. The third kappa shape index (κ3) is 2.29. The molecule has 118 valence electrons. The number of rotatable bonds is 3. The fourth-order valence-electron chi connectivity index (χ4n) is 3.35. The Balaban J connectivity index is 2.02. The molecule has 0 fully saturated rings. The van der Waals surface area contributed by atoms with Crippen molar-refractivity contribution in [3.8, 4) is 11.5 Å². The molecule has 0 spiro atoms. The van der Waals surface area contributed by atoms with E-state index in [-0.39, 0.29) is 6.04 Å². The number of carbonyl (C=O) groups is 1. The average Bonchev–Trinajstić information content (AvgIpc) is 2.52. The Labute approximate surface area is 129 Å². The zero-order valence-electron chi connectivity index (χ0n) is 12.8. The van der Waals surface area contributed by atoms with E-state index < -0.39 is 5.97 Å². The molecule has 0 aromatic heterocycles. The molecule has 0 saturated carbocycles. The summed E-state index contributed by atoms with van der Waals surface area (Å²) in [5.41, 5.74) is 9.14. The predicted molar refractivity (Wildman–Crippen MR) is 81.0 cm³/mol. The van der Waals surface area contributed by atoms with Crippen LogP contribution >= 0.6 is 0 Å². The Morgan fingerprint density at radius 2 is 2.00 bits per heavy atom. The van der Waals surface area contributed by atoms with Gasteiger partial charge in [0.05, 0.1) is 19.8 Å². The standard InChI is InChI=1S/C16H20N2O4/c1-21-14-5-9-3-4-18-8-11(16(19)20)12(17)7-13(18)10(9)6-15(14)22-2/h5-6,13H,3-4,7-8,17H2,1-2H3,(H,19,20). The smallest absolute Gasteiger partial charge is 0.334 e. The molecule has 1 unspecified atom stereocenters. The van der Waals surface area contributed by atoms with Crippen molar-refractivity contribution in [2.45, 2.75) is 18.9 Å². The van der Waals surface area contributed by atoms with Crippen LogP contribution < -0.4 is 15.2 Å². The Bertz CT molecular complexity index is 654. The van der Waals surface area contributed by atoms with Crippen LogP contribution in [0.2, 0.25) is 0 Å². The van der Waals surface area contributed by atoms with Gasteiger partial charge in [-0.2, -0.15) is 0 Å². The molecule has 1 aromatic carbocycles. The van der Waals surface area contributed by atoms with Gasteiger partial charge < -0.3 is 20.3 Å². The minimum atomic E-state index is -0.922. The van der Waals surface area contributed by atoms with E-state index in [1.807, 2.05) is 12.1 Å². The van der Waals surface area contributed by atoms with Gasteiger partial charge in [0.15, 0.2) is 11.5 Å². The van der Waals surface area contributed by atoms with Crippen LogP contribution in [0, 0.1) is 0 Å². The molecule has 0 bridgehead atoms. The first-order valence-corrected chi connectivity index (χ1v) is 7.24. The van der Waals surface area contributed by atoms with Crippen LogP contribution in [0.15, 0.2) is 23.4 Å². The van der Waals surface area contributed by atoms with Crippen LogP contribution in [-0.4, -0.2) is 43.3 Å². The Kier molecular flexibility index (Phi) is 3.70. The molecule has 2 aliphatic heterocycles. The summed E-state index contributed by atoms with van der Waals surface area (Å²) < 4.78 is 10.7. The number of carboxylic acid groups (broad SMARTS) is 1. The van der Waals surface area contributed by atoms with E-state index in [9.17, 15) is 9.90 Å². The molecule has 1 aromatic rings. The van der Waals surface area contributed by atoms with Crippen LogP contribution in [0.1, 0.15) is 23.6 Å². The molecule has 3 N–H and O–H groups in total. The number of aliphatic carboxylic acids is 1. The lowest BCUT2D eigenvalue weighted by molar-refractivity contribution is -0.133. The van der Waals surface area contributed by atoms with E-state index in [1.54, 1.807) is 14.2 Å². The Morgan fingerprint density at radius 1 is 1.32 bits per heavy atom. The zero-order valence-corrected chi connectivity index (χ0v) is 12.8. The fourth-order valence-corrected chi connectivity index (χ4v) is 3.35. The first-order valence-electron chi connectivity index (χ1n) is 7.24. The van der Waals surface area contributed by atoms with Crippen molar-refractivity contribution < 1.29 is 19.4 Å². The van der Waals surface area contributed by atoms with Gasteiger partial charge in [0.25, 0.3) is 0 Å². The Hall–Kier alpha value is -2.21. The Morgan fingerprint density at radius 3 is 2.64 bits per heavy atom. The number of ether oxygens (including phenoxy) is 2. The number of nitrogens with two attached hydrogens (primary N) is 1. The van der Waals surface area contributed by atoms with Crippen LogP contribution in [0.3, 0.4) is 0 Å². The summed E-state index contributed by atoms with van der Waals surface area (Å²) in [4.78, 5) is 13.4. The zero-order chi connectivity index (χ0) is 15.9. The topological polar surface area (TPSA) is 85.0 Å². The average molecular weight is 304 g/mol. The summed E-state index contributed by atoms with van der Waals surface area (Å²) in [7, 11) is 3.24. The van der Waals surface area contributed by atoms with Gasteiger partial charge in [0, 0.05) is 31.2 Å². The summed E-state index contributed by atoms with van der Waals surface area (Å²) in [6, 6.07) is 4.11. The van der Waals surface area contributed by atoms with Gasteiger partial charge in [-0.05, 0) is 29.7 Å². The van der Waals surface area contributed by atoms with E-state index in [4.69, 9.17) is 15.2 Å². The van der Waals surface area contributed by atoms with Gasteiger partial charge in [-0.15, -0.1) is 0 Å². The SMILES string of the molecule is COc1cc2c(cc1OC)C1CC(N)=C(C(=O)O)CN1CC2.